The number of hydrogen-bond donors (Lipinski definition) is 0. The van der Waals surface area contributed by atoms with E-state index in [1.165, 1.54) is 50.7 Å². The molecule has 0 aliphatic rings. The Morgan fingerprint density at radius 1 is 0.857 bits per heavy atom. The van der Waals surface area contributed by atoms with Crippen molar-refractivity contribution < 1.29 is 117 Å². The minimum absolute atomic E-state index is 0. The van der Waals surface area contributed by atoms with E-state index in [4.69, 9.17) is 0 Å². The molecule has 0 atom stereocenters. The molecule has 0 aliphatic carbocycles. The SMILES string of the molecule is CCCCCCCCCc1ccc(P(=O)([O-])[O-])cc1.[K+].[K+]. The van der Waals surface area contributed by atoms with Gasteiger partial charge in [0, 0.05) is 0 Å². The molecule has 108 valence electrons. The zero-order valence-corrected chi connectivity index (χ0v) is 20.8. The molecule has 1 rings (SSSR count). The van der Waals surface area contributed by atoms with E-state index in [0.717, 1.165) is 18.4 Å². The average molecular weight is 361 g/mol. The maximum absolute atomic E-state index is 10.8. The van der Waals surface area contributed by atoms with E-state index < -0.39 is 7.60 Å². The van der Waals surface area contributed by atoms with Gasteiger partial charge in [-0.15, -0.1) is 0 Å². The summed E-state index contributed by atoms with van der Waals surface area (Å²) in [5.74, 6) is 0. The van der Waals surface area contributed by atoms with Gasteiger partial charge >= 0.3 is 103 Å². The molecule has 0 aliphatic heterocycles. The van der Waals surface area contributed by atoms with Gasteiger partial charge < -0.3 is 14.4 Å². The summed E-state index contributed by atoms with van der Waals surface area (Å²) >= 11 is 0. The van der Waals surface area contributed by atoms with Crippen molar-refractivity contribution in [2.45, 2.75) is 58.3 Å². The van der Waals surface area contributed by atoms with Gasteiger partial charge in [-0.1, -0.05) is 69.7 Å². The Morgan fingerprint density at radius 3 is 1.81 bits per heavy atom. The third kappa shape index (κ3) is 12.6. The molecule has 6 heteroatoms. The van der Waals surface area contributed by atoms with Crippen LogP contribution in [0.4, 0.5) is 0 Å². The van der Waals surface area contributed by atoms with Crippen LogP contribution in [0.1, 0.15) is 57.4 Å². The molecule has 0 saturated carbocycles. The Hall–Kier alpha value is 2.64. The predicted molar refractivity (Wildman–Crippen MR) is 75.4 cm³/mol. The second-order valence-electron chi connectivity index (χ2n) is 5.04. The Morgan fingerprint density at radius 2 is 1.33 bits per heavy atom. The van der Waals surface area contributed by atoms with Crippen LogP contribution in [0.2, 0.25) is 0 Å². The van der Waals surface area contributed by atoms with Crippen molar-refractivity contribution in [1.29, 1.82) is 0 Å². The molecular weight excluding hydrogens is 337 g/mol. The van der Waals surface area contributed by atoms with Gasteiger partial charge in [-0.05, 0) is 31.3 Å². The fraction of sp³-hybridized carbons (Fsp3) is 0.600. The molecule has 0 bridgehead atoms. The zero-order valence-electron chi connectivity index (χ0n) is 13.6. The van der Waals surface area contributed by atoms with E-state index in [-0.39, 0.29) is 108 Å². The summed E-state index contributed by atoms with van der Waals surface area (Å²) in [6.07, 6.45) is 9.80. The average Bonchev–Trinajstić information content (AvgIpc) is 2.37. The summed E-state index contributed by atoms with van der Waals surface area (Å²) in [5.41, 5.74) is 1.10. The number of benzene rings is 1. The molecule has 0 amide bonds. The first-order valence-electron chi connectivity index (χ1n) is 7.15. The van der Waals surface area contributed by atoms with Gasteiger partial charge in [0.15, 0.2) is 0 Å². The van der Waals surface area contributed by atoms with Crippen LogP contribution >= 0.6 is 7.60 Å². The number of unbranched alkanes of at least 4 members (excludes halogenated alkanes) is 6. The summed E-state index contributed by atoms with van der Waals surface area (Å²) in [5, 5.41) is -0.115. The van der Waals surface area contributed by atoms with Gasteiger partial charge in [-0.2, -0.15) is 0 Å². The fourth-order valence-corrected chi connectivity index (χ4v) is 2.65. The van der Waals surface area contributed by atoms with E-state index in [9.17, 15) is 14.4 Å². The summed E-state index contributed by atoms with van der Waals surface area (Å²) in [6, 6.07) is 6.32. The van der Waals surface area contributed by atoms with E-state index in [1.807, 2.05) is 0 Å². The summed E-state index contributed by atoms with van der Waals surface area (Å²) in [7, 11) is -4.59. The van der Waals surface area contributed by atoms with Gasteiger partial charge in [-0.25, -0.2) is 0 Å². The van der Waals surface area contributed by atoms with Crippen molar-refractivity contribution in [3.8, 4) is 0 Å². The number of rotatable bonds is 9. The first kappa shape index (κ1) is 25.9. The van der Waals surface area contributed by atoms with Gasteiger partial charge in [0.25, 0.3) is 0 Å². The van der Waals surface area contributed by atoms with Crippen LogP contribution in [-0.4, -0.2) is 0 Å². The van der Waals surface area contributed by atoms with Crippen LogP contribution in [0.5, 0.6) is 0 Å². The van der Waals surface area contributed by atoms with Crippen molar-refractivity contribution in [3.05, 3.63) is 29.8 Å². The second kappa shape index (κ2) is 14.9. The third-order valence-electron chi connectivity index (χ3n) is 3.32. The van der Waals surface area contributed by atoms with Crippen molar-refractivity contribution in [2.75, 3.05) is 0 Å². The van der Waals surface area contributed by atoms with Gasteiger partial charge in [0.1, 0.15) is 0 Å². The van der Waals surface area contributed by atoms with Crippen LogP contribution < -0.4 is 118 Å². The molecule has 0 unspecified atom stereocenters. The molecule has 1 aromatic carbocycles. The minimum Gasteiger partial charge on any atom is -0.807 e. The molecule has 3 nitrogen and oxygen atoms in total. The molecule has 0 fully saturated rings. The van der Waals surface area contributed by atoms with Gasteiger partial charge in [0.05, 0.1) is 0 Å². The maximum atomic E-state index is 10.8. The van der Waals surface area contributed by atoms with Crippen LogP contribution in [0.3, 0.4) is 0 Å². The third-order valence-corrected chi connectivity index (χ3v) is 4.25. The maximum Gasteiger partial charge on any atom is 1.00 e. The first-order valence-corrected chi connectivity index (χ1v) is 8.70. The van der Waals surface area contributed by atoms with E-state index in [1.54, 1.807) is 12.1 Å². The summed E-state index contributed by atoms with van der Waals surface area (Å²) < 4.78 is 10.8. The minimum atomic E-state index is -4.59. The normalized spacial score (nSPS) is 10.6. The van der Waals surface area contributed by atoms with Gasteiger partial charge in [0.2, 0.25) is 0 Å². The molecule has 0 radical (unpaired) electrons. The van der Waals surface area contributed by atoms with E-state index in [0.29, 0.717) is 0 Å². The second-order valence-corrected chi connectivity index (χ2v) is 6.55. The Bertz CT molecular complexity index is 404. The monoisotopic (exact) mass is 360 g/mol. The number of hydrogen-bond acceptors (Lipinski definition) is 3. The Labute approximate surface area is 214 Å². The molecule has 21 heavy (non-hydrogen) atoms. The molecule has 0 heterocycles. The smallest absolute Gasteiger partial charge is 0.807 e. The molecule has 0 N–H and O–H groups in total. The standard InChI is InChI=1S/C15H25O3P.2K/c1-2-3-4-5-6-7-8-9-14-10-12-15(13-11-14)19(16,17)18;;/h10-13H,2-9H2,1H3,(H2,16,17,18);;/q;2*+1/p-2. The molecule has 0 saturated heterocycles. The molecule has 0 spiro atoms. The first-order chi connectivity index (χ1) is 9.04. The van der Waals surface area contributed by atoms with Crippen molar-refractivity contribution >= 4 is 12.9 Å². The largest absolute Gasteiger partial charge is 1.00 e. The topological polar surface area (TPSA) is 63.2 Å². The summed E-state index contributed by atoms with van der Waals surface area (Å²) in [4.78, 5) is 21.6. The number of aryl methyl sites for hydroxylation is 1. The predicted octanol–water partition coefficient (Wildman–Crippen LogP) is -3.47. The quantitative estimate of drug-likeness (QED) is 0.261. The Balaban J connectivity index is 0. The summed E-state index contributed by atoms with van der Waals surface area (Å²) in [6.45, 7) is 2.21. The van der Waals surface area contributed by atoms with Crippen molar-refractivity contribution in [3.63, 3.8) is 0 Å². The molecule has 1 aromatic rings. The van der Waals surface area contributed by atoms with Crippen LogP contribution in [-0.2, 0) is 11.0 Å². The van der Waals surface area contributed by atoms with Crippen molar-refractivity contribution in [1.82, 2.24) is 0 Å². The van der Waals surface area contributed by atoms with Crippen LogP contribution in [0.15, 0.2) is 24.3 Å². The Kier molecular flexibility index (Phi) is 18.4. The van der Waals surface area contributed by atoms with Crippen molar-refractivity contribution in [2.24, 2.45) is 0 Å². The van der Waals surface area contributed by atoms with E-state index in [2.05, 4.69) is 6.92 Å². The van der Waals surface area contributed by atoms with Crippen LogP contribution in [0, 0.1) is 0 Å². The van der Waals surface area contributed by atoms with Crippen LogP contribution in [0.25, 0.3) is 0 Å². The molecule has 0 aromatic heterocycles. The fourth-order valence-electron chi connectivity index (χ4n) is 2.13. The van der Waals surface area contributed by atoms with E-state index >= 15 is 0 Å². The molecular formula is C15H23K2O3P. The van der Waals surface area contributed by atoms with Gasteiger partial charge in [-0.3, -0.25) is 0 Å². The zero-order chi connectivity index (χ0) is 14.1.